The molecule has 8 heteroatoms. The van der Waals surface area contributed by atoms with E-state index < -0.39 is 12.5 Å². The molecule has 0 saturated heterocycles. The summed E-state index contributed by atoms with van der Waals surface area (Å²) in [4.78, 5) is 23.0. The van der Waals surface area contributed by atoms with Gasteiger partial charge in [0, 0.05) is 13.1 Å². The van der Waals surface area contributed by atoms with Gasteiger partial charge in [0.2, 0.25) is 0 Å². The van der Waals surface area contributed by atoms with Crippen molar-refractivity contribution in [2.45, 2.75) is 52.0 Å². The lowest BCUT2D eigenvalue weighted by molar-refractivity contribution is 0.150. The van der Waals surface area contributed by atoms with Gasteiger partial charge in [-0.25, -0.2) is 9.59 Å². The Morgan fingerprint density at radius 1 is 0.909 bits per heavy atom. The molecule has 6 N–H and O–H groups in total. The summed E-state index contributed by atoms with van der Waals surface area (Å²) >= 11 is 0. The van der Waals surface area contributed by atoms with Gasteiger partial charge in [0.25, 0.3) is 0 Å². The minimum Gasteiger partial charge on any atom is -0.374 e. The molecular weight excluding hydrogens is 288 g/mol. The van der Waals surface area contributed by atoms with E-state index in [1.807, 2.05) is 0 Å². The van der Waals surface area contributed by atoms with E-state index in [2.05, 4.69) is 21.3 Å². The van der Waals surface area contributed by atoms with E-state index in [-0.39, 0.29) is 12.1 Å². The summed E-state index contributed by atoms with van der Waals surface area (Å²) in [5.74, 6) is 0.584. The third-order valence-electron chi connectivity index (χ3n) is 3.80. The standard InChI is InChI=1S/C14H28N4O4/c1-9(19)17-13(21)15-7-11-5-3-4-6-12(11)8-16-14(22)18-10(2)20/h9-12,19-20H,3-8H2,1-2H3,(H2,15,17,21)(H2,16,18,22). The predicted molar refractivity (Wildman–Crippen MR) is 81.9 cm³/mol. The Morgan fingerprint density at radius 2 is 1.27 bits per heavy atom. The van der Waals surface area contributed by atoms with Gasteiger partial charge in [0.15, 0.2) is 0 Å². The molecule has 128 valence electrons. The van der Waals surface area contributed by atoms with Crippen molar-refractivity contribution in [3.63, 3.8) is 0 Å². The number of urea groups is 2. The van der Waals surface area contributed by atoms with Gasteiger partial charge >= 0.3 is 12.1 Å². The fraction of sp³-hybridized carbons (Fsp3) is 0.857. The van der Waals surface area contributed by atoms with Crippen LogP contribution in [0.5, 0.6) is 0 Å². The highest BCUT2D eigenvalue weighted by atomic mass is 16.3. The van der Waals surface area contributed by atoms with Gasteiger partial charge in [0.05, 0.1) is 0 Å². The number of aliphatic hydroxyl groups is 2. The Kier molecular flexibility index (Phi) is 7.97. The molecule has 4 unspecified atom stereocenters. The number of hydrogen-bond donors (Lipinski definition) is 6. The molecular formula is C14H28N4O4. The van der Waals surface area contributed by atoms with Crippen molar-refractivity contribution in [2.75, 3.05) is 13.1 Å². The van der Waals surface area contributed by atoms with Crippen LogP contribution in [0.25, 0.3) is 0 Å². The summed E-state index contributed by atoms with van der Waals surface area (Å²) in [5, 5.41) is 28.4. The second-order valence-electron chi connectivity index (χ2n) is 5.87. The topological polar surface area (TPSA) is 123 Å². The van der Waals surface area contributed by atoms with Gasteiger partial charge < -0.3 is 31.5 Å². The first-order valence-corrected chi connectivity index (χ1v) is 7.83. The highest BCUT2D eigenvalue weighted by Crippen LogP contribution is 2.29. The molecule has 4 atom stereocenters. The molecule has 22 heavy (non-hydrogen) atoms. The number of carbonyl (C=O) groups is 2. The summed E-state index contributed by atoms with van der Waals surface area (Å²) in [5.41, 5.74) is 0. The predicted octanol–water partition coefficient (Wildman–Crippen LogP) is 0.0678. The molecule has 4 amide bonds. The van der Waals surface area contributed by atoms with Crippen LogP contribution in [0.1, 0.15) is 39.5 Å². The van der Waals surface area contributed by atoms with Crippen molar-refractivity contribution < 1.29 is 19.8 Å². The Labute approximate surface area is 131 Å². The van der Waals surface area contributed by atoms with Crippen LogP contribution in [0.15, 0.2) is 0 Å². The van der Waals surface area contributed by atoms with Crippen molar-refractivity contribution in [2.24, 2.45) is 11.8 Å². The van der Waals surface area contributed by atoms with E-state index in [1.54, 1.807) is 0 Å². The van der Waals surface area contributed by atoms with Gasteiger partial charge in [-0.2, -0.15) is 0 Å². The molecule has 0 spiro atoms. The van der Waals surface area contributed by atoms with Crippen LogP contribution < -0.4 is 21.3 Å². The van der Waals surface area contributed by atoms with Crippen LogP contribution in [0, 0.1) is 11.8 Å². The smallest absolute Gasteiger partial charge is 0.316 e. The maximum absolute atomic E-state index is 11.5. The van der Waals surface area contributed by atoms with Gasteiger partial charge in [-0.15, -0.1) is 0 Å². The average molecular weight is 316 g/mol. The SMILES string of the molecule is CC(O)NC(=O)NCC1CCCCC1CNC(=O)NC(C)O. The number of nitrogens with one attached hydrogen (secondary N) is 4. The minimum absolute atomic E-state index is 0.292. The second-order valence-corrected chi connectivity index (χ2v) is 5.87. The quantitative estimate of drug-likeness (QED) is 0.388. The molecule has 0 aliphatic heterocycles. The van der Waals surface area contributed by atoms with Crippen molar-refractivity contribution in [3.05, 3.63) is 0 Å². The summed E-state index contributed by atoms with van der Waals surface area (Å²) in [6.07, 6.45) is 2.46. The fourth-order valence-electron chi connectivity index (χ4n) is 2.75. The number of hydrogen-bond acceptors (Lipinski definition) is 4. The number of rotatable bonds is 6. The van der Waals surface area contributed by atoms with E-state index in [9.17, 15) is 9.59 Å². The third kappa shape index (κ3) is 7.46. The number of carbonyl (C=O) groups excluding carboxylic acids is 2. The maximum atomic E-state index is 11.5. The van der Waals surface area contributed by atoms with E-state index >= 15 is 0 Å². The minimum atomic E-state index is -0.881. The first kappa shape index (κ1) is 18.5. The Bertz CT molecular complexity index is 329. The van der Waals surface area contributed by atoms with Crippen LogP contribution >= 0.6 is 0 Å². The normalized spacial score (nSPS) is 24.0. The highest BCUT2D eigenvalue weighted by Gasteiger charge is 2.26. The summed E-state index contributed by atoms with van der Waals surface area (Å²) in [7, 11) is 0. The van der Waals surface area contributed by atoms with E-state index in [4.69, 9.17) is 10.2 Å². The van der Waals surface area contributed by atoms with E-state index in [0.717, 1.165) is 25.7 Å². The molecule has 1 rings (SSSR count). The van der Waals surface area contributed by atoms with Crippen molar-refractivity contribution in [3.8, 4) is 0 Å². The van der Waals surface area contributed by atoms with Gasteiger partial charge in [-0.05, 0) is 38.5 Å². The molecule has 1 aliphatic rings. The summed E-state index contributed by atoms with van der Waals surface area (Å²) in [6, 6.07) is -0.779. The lowest BCUT2D eigenvalue weighted by Crippen LogP contribution is -2.46. The zero-order valence-electron chi connectivity index (χ0n) is 13.3. The zero-order chi connectivity index (χ0) is 16.5. The fourth-order valence-corrected chi connectivity index (χ4v) is 2.75. The van der Waals surface area contributed by atoms with E-state index in [0.29, 0.717) is 24.9 Å². The Morgan fingerprint density at radius 3 is 1.59 bits per heavy atom. The van der Waals surface area contributed by atoms with Gasteiger partial charge in [0.1, 0.15) is 12.5 Å². The largest absolute Gasteiger partial charge is 0.374 e. The van der Waals surface area contributed by atoms with Crippen LogP contribution in [0.2, 0.25) is 0 Å². The van der Waals surface area contributed by atoms with E-state index in [1.165, 1.54) is 13.8 Å². The van der Waals surface area contributed by atoms with Gasteiger partial charge in [-0.1, -0.05) is 12.8 Å². The zero-order valence-corrected chi connectivity index (χ0v) is 13.3. The van der Waals surface area contributed by atoms with Crippen molar-refractivity contribution in [1.82, 2.24) is 21.3 Å². The lowest BCUT2D eigenvalue weighted by Gasteiger charge is -2.32. The second kappa shape index (κ2) is 9.47. The Balaban J connectivity index is 2.36. The first-order valence-electron chi connectivity index (χ1n) is 7.83. The molecule has 0 bridgehead atoms. The number of amides is 4. The maximum Gasteiger partial charge on any atom is 0.316 e. The molecule has 1 fully saturated rings. The summed E-state index contributed by atoms with van der Waals surface area (Å²) in [6.45, 7) is 3.99. The van der Waals surface area contributed by atoms with Crippen molar-refractivity contribution >= 4 is 12.1 Å². The third-order valence-corrected chi connectivity index (χ3v) is 3.80. The number of aliphatic hydroxyl groups excluding tert-OH is 2. The lowest BCUT2D eigenvalue weighted by atomic mass is 9.79. The molecule has 8 nitrogen and oxygen atoms in total. The Hall–Kier alpha value is -1.54. The molecule has 0 heterocycles. The molecule has 0 aromatic rings. The van der Waals surface area contributed by atoms with Gasteiger partial charge in [-0.3, -0.25) is 0 Å². The van der Waals surface area contributed by atoms with Crippen LogP contribution in [-0.2, 0) is 0 Å². The average Bonchev–Trinajstić information content (AvgIpc) is 2.42. The molecule has 0 aromatic heterocycles. The molecule has 1 saturated carbocycles. The molecule has 0 radical (unpaired) electrons. The first-order chi connectivity index (χ1) is 10.4. The van der Waals surface area contributed by atoms with Crippen molar-refractivity contribution in [1.29, 1.82) is 0 Å². The van der Waals surface area contributed by atoms with Crippen LogP contribution in [0.3, 0.4) is 0 Å². The highest BCUT2D eigenvalue weighted by molar-refractivity contribution is 5.74. The van der Waals surface area contributed by atoms with Crippen LogP contribution in [-0.4, -0.2) is 47.8 Å². The molecule has 1 aliphatic carbocycles. The monoisotopic (exact) mass is 316 g/mol. The summed E-state index contributed by atoms with van der Waals surface area (Å²) < 4.78 is 0. The molecule has 0 aromatic carbocycles. The van der Waals surface area contributed by atoms with Crippen LogP contribution in [0.4, 0.5) is 9.59 Å².